The Hall–Kier alpha value is -2.84. The number of carbonyl (C=O) groups excluding carboxylic acids is 2. The van der Waals surface area contributed by atoms with E-state index in [4.69, 9.17) is 18.9 Å². The van der Waals surface area contributed by atoms with Crippen LogP contribution >= 0.6 is 0 Å². The van der Waals surface area contributed by atoms with Crippen LogP contribution in [0.3, 0.4) is 0 Å². The zero-order valence-electron chi connectivity index (χ0n) is 17.6. The van der Waals surface area contributed by atoms with Crippen molar-refractivity contribution in [3.05, 3.63) is 33.9 Å². The summed E-state index contributed by atoms with van der Waals surface area (Å²) in [7, 11) is 1.51. The Morgan fingerprint density at radius 2 is 1.70 bits per heavy atom. The Bertz CT molecular complexity index is 727. The van der Waals surface area contributed by atoms with E-state index >= 15 is 0 Å². The zero-order chi connectivity index (χ0) is 22.1. The predicted molar refractivity (Wildman–Crippen MR) is 107 cm³/mol. The van der Waals surface area contributed by atoms with Gasteiger partial charge in [-0.1, -0.05) is 6.07 Å². The Morgan fingerprint density at radius 3 is 2.20 bits per heavy atom. The second kappa shape index (κ2) is 11.4. The maximum Gasteiger partial charge on any atom is 0.321 e. The van der Waals surface area contributed by atoms with Crippen molar-refractivity contribution in [1.82, 2.24) is 0 Å². The van der Waals surface area contributed by atoms with E-state index in [0.717, 1.165) is 25.7 Å². The average molecular weight is 423 g/mol. The van der Waals surface area contributed by atoms with Crippen LogP contribution in [0, 0.1) is 16.0 Å². The molecule has 0 saturated heterocycles. The second-order valence-corrected chi connectivity index (χ2v) is 7.04. The summed E-state index contributed by atoms with van der Waals surface area (Å²) in [5.41, 5.74) is 0.409. The predicted octanol–water partition coefficient (Wildman–Crippen LogP) is 3.12. The Balaban J connectivity index is 2.45. The molecule has 0 unspecified atom stereocenters. The summed E-state index contributed by atoms with van der Waals surface area (Å²) in [6, 6.07) is 4.83. The molecule has 0 heterocycles. The smallest absolute Gasteiger partial charge is 0.321 e. The molecule has 1 aromatic carbocycles. The first-order chi connectivity index (χ1) is 14.4. The van der Waals surface area contributed by atoms with Gasteiger partial charge in [-0.3, -0.25) is 19.7 Å². The Labute approximate surface area is 175 Å². The van der Waals surface area contributed by atoms with Crippen LogP contribution in [0.15, 0.2) is 18.2 Å². The van der Waals surface area contributed by atoms with Crippen molar-refractivity contribution in [3.8, 4) is 11.5 Å². The molecule has 1 aliphatic rings. The monoisotopic (exact) mass is 423 g/mol. The quantitative estimate of drug-likeness (QED) is 0.231. The molecule has 0 spiro atoms. The number of benzene rings is 1. The maximum atomic E-state index is 12.5. The van der Waals surface area contributed by atoms with Crippen molar-refractivity contribution in [2.75, 3.05) is 26.9 Å². The molecule has 0 aliphatic heterocycles. The third kappa shape index (κ3) is 6.08. The largest absolute Gasteiger partial charge is 0.493 e. The highest BCUT2D eigenvalue weighted by molar-refractivity contribution is 5.96. The fraction of sp³-hybridized carbons (Fsp3) is 0.619. The number of esters is 2. The van der Waals surface area contributed by atoms with E-state index in [9.17, 15) is 19.7 Å². The van der Waals surface area contributed by atoms with Crippen molar-refractivity contribution in [2.24, 2.45) is 5.92 Å². The van der Waals surface area contributed by atoms with Crippen LogP contribution in [-0.4, -0.2) is 49.8 Å². The van der Waals surface area contributed by atoms with Gasteiger partial charge in [-0.15, -0.1) is 0 Å². The van der Waals surface area contributed by atoms with Crippen molar-refractivity contribution >= 4 is 11.9 Å². The molecule has 0 radical (unpaired) electrons. The first-order valence-corrected chi connectivity index (χ1v) is 10.2. The summed E-state index contributed by atoms with van der Waals surface area (Å²) in [6.45, 7) is 2.64. The van der Waals surface area contributed by atoms with Crippen LogP contribution in [-0.2, 0) is 19.1 Å². The topological polar surface area (TPSA) is 114 Å². The van der Waals surface area contributed by atoms with Crippen molar-refractivity contribution < 1.29 is 33.5 Å². The van der Waals surface area contributed by atoms with Crippen LogP contribution in [0.5, 0.6) is 11.5 Å². The van der Waals surface area contributed by atoms with Crippen molar-refractivity contribution in [1.29, 1.82) is 0 Å². The molecule has 1 aromatic rings. The van der Waals surface area contributed by atoms with Gasteiger partial charge in [0.15, 0.2) is 17.4 Å². The van der Waals surface area contributed by atoms with Crippen LogP contribution in [0.1, 0.15) is 51.0 Å². The van der Waals surface area contributed by atoms with E-state index in [1.54, 1.807) is 32.0 Å². The molecule has 1 fully saturated rings. The Morgan fingerprint density at radius 1 is 1.10 bits per heavy atom. The average Bonchev–Trinajstić information content (AvgIpc) is 3.20. The standard InChI is InChI=1S/C21H29NO8/c1-4-28-20(23)19(21(24)29-5-2)16(13-22(25)26)14-10-11-17(27-3)18(12-14)30-15-8-6-7-9-15/h10-12,15-16,19H,4-9,13H2,1-3H3/t16-/m0/s1. The first kappa shape index (κ1) is 23.4. The van der Waals surface area contributed by atoms with Crippen LogP contribution in [0.2, 0.25) is 0 Å². The highest BCUT2D eigenvalue weighted by Gasteiger charge is 2.41. The number of hydrogen-bond donors (Lipinski definition) is 0. The fourth-order valence-electron chi connectivity index (χ4n) is 3.65. The number of hydrogen-bond acceptors (Lipinski definition) is 8. The molecule has 1 aliphatic carbocycles. The van der Waals surface area contributed by atoms with E-state index in [2.05, 4.69) is 0 Å². The van der Waals surface area contributed by atoms with Crippen LogP contribution in [0.25, 0.3) is 0 Å². The lowest BCUT2D eigenvalue weighted by Crippen LogP contribution is -2.36. The van der Waals surface area contributed by atoms with Gasteiger partial charge in [0, 0.05) is 4.92 Å². The first-order valence-electron chi connectivity index (χ1n) is 10.2. The number of rotatable bonds is 11. The van der Waals surface area contributed by atoms with E-state index < -0.39 is 35.2 Å². The molecule has 0 bridgehead atoms. The summed E-state index contributed by atoms with van der Waals surface area (Å²) in [5, 5.41) is 11.4. The van der Waals surface area contributed by atoms with Gasteiger partial charge in [0.05, 0.1) is 32.3 Å². The lowest BCUT2D eigenvalue weighted by molar-refractivity contribution is -0.484. The SMILES string of the molecule is CCOC(=O)C(C(=O)OCC)[C@@H](C[N+](=O)[O-])c1ccc(OC)c(OC2CCCC2)c1. The van der Waals surface area contributed by atoms with Crippen molar-refractivity contribution in [3.63, 3.8) is 0 Å². The maximum absolute atomic E-state index is 12.5. The van der Waals surface area contributed by atoms with Crippen LogP contribution < -0.4 is 9.47 Å². The molecule has 1 saturated carbocycles. The number of ether oxygens (including phenoxy) is 4. The van der Waals surface area contributed by atoms with Gasteiger partial charge < -0.3 is 18.9 Å². The molecule has 1 atom stereocenters. The number of nitrogens with zero attached hydrogens (tertiary/aromatic N) is 1. The van der Waals surface area contributed by atoms with Gasteiger partial charge in [0.1, 0.15) is 0 Å². The zero-order valence-corrected chi connectivity index (χ0v) is 17.6. The lowest BCUT2D eigenvalue weighted by atomic mass is 9.85. The molecule has 0 aromatic heterocycles. The normalized spacial score (nSPS) is 14.9. The third-order valence-corrected chi connectivity index (χ3v) is 5.04. The fourth-order valence-corrected chi connectivity index (χ4v) is 3.65. The van der Waals surface area contributed by atoms with E-state index in [1.165, 1.54) is 7.11 Å². The van der Waals surface area contributed by atoms with Gasteiger partial charge in [-0.05, 0) is 57.2 Å². The molecular weight excluding hydrogens is 394 g/mol. The molecule has 30 heavy (non-hydrogen) atoms. The minimum Gasteiger partial charge on any atom is -0.493 e. The molecule has 9 nitrogen and oxygen atoms in total. The summed E-state index contributed by atoms with van der Waals surface area (Å²) < 4.78 is 21.5. The van der Waals surface area contributed by atoms with E-state index in [-0.39, 0.29) is 19.3 Å². The summed E-state index contributed by atoms with van der Waals surface area (Å²) >= 11 is 0. The third-order valence-electron chi connectivity index (χ3n) is 5.04. The van der Waals surface area contributed by atoms with Crippen molar-refractivity contribution in [2.45, 2.75) is 51.6 Å². The van der Waals surface area contributed by atoms with Crippen LogP contribution in [0.4, 0.5) is 0 Å². The number of methoxy groups -OCH3 is 1. The minimum absolute atomic E-state index is 0.0361. The van der Waals surface area contributed by atoms with E-state index in [0.29, 0.717) is 17.1 Å². The molecule has 0 N–H and O–H groups in total. The number of nitro groups is 1. The molecule has 9 heteroatoms. The van der Waals surface area contributed by atoms with Gasteiger partial charge in [0.2, 0.25) is 6.54 Å². The minimum atomic E-state index is -1.46. The second-order valence-electron chi connectivity index (χ2n) is 7.04. The number of carbonyl (C=O) groups is 2. The summed E-state index contributed by atoms with van der Waals surface area (Å²) in [5.74, 6) is -3.32. The molecule has 2 rings (SSSR count). The summed E-state index contributed by atoms with van der Waals surface area (Å²) in [6.07, 6.45) is 4.02. The van der Waals surface area contributed by atoms with Gasteiger partial charge in [0.25, 0.3) is 0 Å². The van der Waals surface area contributed by atoms with E-state index in [1.807, 2.05) is 0 Å². The van der Waals surface area contributed by atoms with Gasteiger partial charge in [-0.2, -0.15) is 0 Å². The lowest BCUT2D eigenvalue weighted by Gasteiger charge is -2.23. The van der Waals surface area contributed by atoms with Gasteiger partial charge >= 0.3 is 11.9 Å². The molecule has 0 amide bonds. The Kier molecular flexibility index (Phi) is 8.89. The highest BCUT2D eigenvalue weighted by atomic mass is 16.6. The molecular formula is C21H29NO8. The van der Waals surface area contributed by atoms with Gasteiger partial charge in [-0.25, -0.2) is 0 Å². The summed E-state index contributed by atoms with van der Waals surface area (Å²) in [4.78, 5) is 35.9. The molecule has 166 valence electrons. The highest BCUT2D eigenvalue weighted by Crippen LogP contribution is 2.37.